The molecular weight excluding hydrogens is 558 g/mol. The highest BCUT2D eigenvalue weighted by Crippen LogP contribution is 2.42. The van der Waals surface area contributed by atoms with E-state index in [0.717, 1.165) is 38.7 Å². The minimum absolute atomic E-state index is 0.0940. The number of carbonyl (C=O) groups excluding carboxylic acids is 2. The molecular formula is C29H43N7O5S. The first kappa shape index (κ1) is 32.7. The first-order chi connectivity index (χ1) is 19.5. The lowest BCUT2D eigenvalue weighted by molar-refractivity contribution is -0.120. The number of urea groups is 1. The first-order valence-electron chi connectivity index (χ1n) is 13.9. The molecule has 3 amide bonds. The van der Waals surface area contributed by atoms with Crippen molar-refractivity contribution in [2.45, 2.75) is 89.9 Å². The molecule has 0 aromatic heterocycles. The number of ether oxygens (including phenoxy) is 1. The smallest absolute Gasteiger partial charge is 0.312 e. The molecule has 0 fully saturated rings. The zero-order valence-electron chi connectivity index (χ0n) is 25.0. The van der Waals surface area contributed by atoms with Crippen LogP contribution in [-0.4, -0.2) is 48.8 Å². The average Bonchev–Trinajstić information content (AvgIpc) is 2.89. The minimum atomic E-state index is -4.18. The summed E-state index contributed by atoms with van der Waals surface area (Å²) in [6.07, 6.45) is 1.89. The fraction of sp³-hybridized carbons (Fsp3) is 0.483. The van der Waals surface area contributed by atoms with Crippen molar-refractivity contribution < 1.29 is 22.7 Å². The van der Waals surface area contributed by atoms with Crippen LogP contribution in [0.5, 0.6) is 5.75 Å². The maximum atomic E-state index is 13.9. The van der Waals surface area contributed by atoms with Crippen LogP contribution in [0.25, 0.3) is 0 Å². The molecule has 1 heterocycles. The Hall–Kier alpha value is -3.84. The molecule has 0 saturated carbocycles. The van der Waals surface area contributed by atoms with Gasteiger partial charge in [-0.1, -0.05) is 24.3 Å². The number of sulfonamides is 1. The first-order valence-corrected chi connectivity index (χ1v) is 15.3. The van der Waals surface area contributed by atoms with Crippen molar-refractivity contribution in [2.75, 3.05) is 6.54 Å². The Morgan fingerprint density at radius 2 is 1.62 bits per heavy atom. The van der Waals surface area contributed by atoms with Crippen LogP contribution in [0.15, 0.2) is 29.2 Å². The van der Waals surface area contributed by atoms with Gasteiger partial charge in [-0.15, -0.1) is 0 Å². The van der Waals surface area contributed by atoms with Crippen LogP contribution in [-0.2, 0) is 34.3 Å². The Balaban J connectivity index is 1.72. The van der Waals surface area contributed by atoms with E-state index in [0.29, 0.717) is 30.6 Å². The standard InChI is InChI=1S/C29H43N7O5S/c1-17-18(2)25(19(3)22-12-13-29(4,5)41-24(17)22)42(39,40)36(27(31)32)14-6-7-23(26(30)37)34-15-20-8-10-21(11-9-20)16-35-28(33)38/h8-11,23,34H,6-7,12-16H2,1-5H3,(H2,30,37)(H3,31,32)(H3,33,35,38)/t23-/m1/s1. The van der Waals surface area contributed by atoms with Crippen LogP contribution >= 0.6 is 0 Å². The molecule has 12 nitrogen and oxygen atoms in total. The third kappa shape index (κ3) is 7.51. The molecule has 1 atom stereocenters. The normalized spacial score (nSPS) is 14.8. The quantitative estimate of drug-likeness (QED) is 0.158. The van der Waals surface area contributed by atoms with Gasteiger partial charge in [-0.2, -0.15) is 0 Å². The molecule has 42 heavy (non-hydrogen) atoms. The SMILES string of the molecule is Cc1c(C)c(S(=O)(=O)N(CCC[C@@H](NCc2ccc(CNC(N)=O)cc2)C(N)=O)C(=N)N)c(C)c2c1OC(C)(C)CC2. The van der Waals surface area contributed by atoms with Gasteiger partial charge in [0.25, 0.3) is 10.0 Å². The highest BCUT2D eigenvalue weighted by Gasteiger charge is 2.36. The van der Waals surface area contributed by atoms with Gasteiger partial charge in [-0.25, -0.2) is 17.5 Å². The number of carbonyl (C=O) groups is 2. The lowest BCUT2D eigenvalue weighted by Crippen LogP contribution is -2.44. The summed E-state index contributed by atoms with van der Waals surface area (Å²) < 4.78 is 35.0. The number of primary amides is 2. The molecule has 13 heteroatoms. The van der Waals surface area contributed by atoms with E-state index in [4.69, 9.17) is 27.3 Å². The molecule has 230 valence electrons. The van der Waals surface area contributed by atoms with Crippen molar-refractivity contribution in [3.05, 3.63) is 57.6 Å². The van der Waals surface area contributed by atoms with Crippen molar-refractivity contribution in [3.8, 4) is 5.75 Å². The summed E-state index contributed by atoms with van der Waals surface area (Å²) in [4.78, 5) is 23.2. The van der Waals surface area contributed by atoms with Gasteiger partial charge < -0.3 is 32.6 Å². The number of hydrogen-bond acceptors (Lipinski definition) is 7. The highest BCUT2D eigenvalue weighted by molar-refractivity contribution is 7.89. The van der Waals surface area contributed by atoms with E-state index in [9.17, 15) is 18.0 Å². The van der Waals surface area contributed by atoms with Crippen molar-refractivity contribution in [2.24, 2.45) is 17.2 Å². The zero-order chi connectivity index (χ0) is 31.4. The zero-order valence-corrected chi connectivity index (χ0v) is 25.8. The van der Waals surface area contributed by atoms with Crippen molar-refractivity contribution in [3.63, 3.8) is 0 Å². The Labute approximate surface area is 247 Å². The molecule has 0 radical (unpaired) electrons. The fourth-order valence-corrected chi connectivity index (χ4v) is 7.10. The second-order valence-corrected chi connectivity index (χ2v) is 13.1. The summed E-state index contributed by atoms with van der Waals surface area (Å²) in [6.45, 7) is 9.94. The molecule has 2 aromatic carbocycles. The Bertz CT molecular complexity index is 1460. The van der Waals surface area contributed by atoms with E-state index in [-0.39, 0.29) is 29.9 Å². The number of amides is 3. The molecule has 0 bridgehead atoms. The largest absolute Gasteiger partial charge is 0.487 e. The van der Waals surface area contributed by atoms with Gasteiger partial charge in [0.2, 0.25) is 11.9 Å². The van der Waals surface area contributed by atoms with Crippen LogP contribution < -0.4 is 32.6 Å². The summed E-state index contributed by atoms with van der Waals surface area (Å²) >= 11 is 0. The number of nitrogens with two attached hydrogens (primary N) is 3. The Morgan fingerprint density at radius 3 is 2.17 bits per heavy atom. The number of rotatable bonds is 12. The van der Waals surface area contributed by atoms with Crippen molar-refractivity contribution in [1.29, 1.82) is 5.41 Å². The molecule has 2 aromatic rings. The molecule has 1 aliphatic heterocycles. The van der Waals surface area contributed by atoms with Gasteiger partial charge in [-0.05, 0) is 93.7 Å². The number of fused-ring (bicyclic) bond motifs is 1. The van der Waals surface area contributed by atoms with Crippen LogP contribution in [0.1, 0.15) is 66.5 Å². The van der Waals surface area contributed by atoms with E-state index in [2.05, 4.69) is 10.6 Å². The lowest BCUT2D eigenvalue weighted by atomic mass is 9.88. The summed E-state index contributed by atoms with van der Waals surface area (Å²) in [5.41, 5.74) is 20.7. The number of benzene rings is 2. The van der Waals surface area contributed by atoms with Gasteiger partial charge in [0.15, 0.2) is 0 Å². The van der Waals surface area contributed by atoms with Gasteiger partial charge in [-0.3, -0.25) is 10.2 Å². The second-order valence-electron chi connectivity index (χ2n) is 11.3. The van der Waals surface area contributed by atoms with Gasteiger partial charge >= 0.3 is 6.03 Å². The summed E-state index contributed by atoms with van der Waals surface area (Å²) in [7, 11) is -4.18. The molecule has 9 N–H and O–H groups in total. The van der Waals surface area contributed by atoms with Crippen LogP contribution in [0.4, 0.5) is 4.79 Å². The summed E-state index contributed by atoms with van der Waals surface area (Å²) in [6, 6.07) is 6.03. The molecule has 3 rings (SSSR count). The summed E-state index contributed by atoms with van der Waals surface area (Å²) in [5, 5.41) is 13.7. The number of hydrogen-bond donors (Lipinski definition) is 6. The lowest BCUT2D eigenvalue weighted by Gasteiger charge is -2.36. The van der Waals surface area contributed by atoms with Crippen LogP contribution in [0.2, 0.25) is 0 Å². The predicted octanol–water partition coefficient (Wildman–Crippen LogP) is 2.19. The Kier molecular flexibility index (Phi) is 10.1. The second kappa shape index (κ2) is 13.0. The summed E-state index contributed by atoms with van der Waals surface area (Å²) in [5.74, 6) is -0.451. The Morgan fingerprint density at radius 1 is 1.02 bits per heavy atom. The number of guanidine groups is 1. The van der Waals surface area contributed by atoms with Gasteiger partial charge in [0.05, 0.1) is 10.9 Å². The third-order valence-corrected chi connectivity index (χ3v) is 9.81. The minimum Gasteiger partial charge on any atom is -0.487 e. The van der Waals surface area contributed by atoms with Crippen LogP contribution in [0.3, 0.4) is 0 Å². The van der Waals surface area contributed by atoms with E-state index in [1.54, 1.807) is 13.8 Å². The topological polar surface area (TPSA) is 207 Å². The van der Waals surface area contributed by atoms with Crippen molar-refractivity contribution in [1.82, 2.24) is 14.9 Å². The average molecular weight is 602 g/mol. The molecule has 0 aliphatic carbocycles. The highest BCUT2D eigenvalue weighted by atomic mass is 32.2. The van der Waals surface area contributed by atoms with Crippen molar-refractivity contribution >= 4 is 27.9 Å². The third-order valence-electron chi connectivity index (χ3n) is 7.72. The number of nitrogens with zero attached hydrogens (tertiary/aromatic N) is 1. The molecule has 0 unspecified atom stereocenters. The van der Waals surface area contributed by atoms with E-state index in [1.807, 2.05) is 45.0 Å². The van der Waals surface area contributed by atoms with Gasteiger partial charge in [0, 0.05) is 19.6 Å². The van der Waals surface area contributed by atoms with E-state index < -0.39 is 34.0 Å². The predicted molar refractivity (Wildman–Crippen MR) is 161 cm³/mol. The van der Waals surface area contributed by atoms with E-state index >= 15 is 0 Å². The molecule has 0 spiro atoms. The van der Waals surface area contributed by atoms with Crippen LogP contribution in [0, 0.1) is 26.2 Å². The van der Waals surface area contributed by atoms with Gasteiger partial charge in [0.1, 0.15) is 11.4 Å². The molecule has 0 saturated heterocycles. The number of nitrogens with one attached hydrogen (secondary N) is 3. The maximum absolute atomic E-state index is 13.9. The maximum Gasteiger partial charge on any atom is 0.312 e. The van der Waals surface area contributed by atoms with E-state index in [1.165, 1.54) is 0 Å². The molecule has 1 aliphatic rings. The monoisotopic (exact) mass is 601 g/mol. The fourth-order valence-electron chi connectivity index (χ4n) is 5.20.